The van der Waals surface area contributed by atoms with Crippen molar-refractivity contribution in [3.8, 4) is 0 Å². The van der Waals surface area contributed by atoms with Crippen LogP contribution in [-0.2, 0) is 5.75 Å². The maximum Gasteiger partial charge on any atom is 0.126 e. The number of hydrogen-bond acceptors (Lipinski definition) is 3. The number of nitrogen functional groups attached to an aromatic ring is 1. The molecule has 0 aliphatic carbocycles. The van der Waals surface area contributed by atoms with E-state index in [4.69, 9.17) is 5.73 Å². The lowest BCUT2D eigenvalue weighted by Gasteiger charge is -2.08. The highest BCUT2D eigenvalue weighted by Crippen LogP contribution is 2.23. The Hall–Kier alpha value is -0.640. The van der Waals surface area contributed by atoms with Gasteiger partial charge in [-0.25, -0.2) is 4.68 Å². The van der Waals surface area contributed by atoms with Crippen molar-refractivity contribution in [2.75, 3.05) is 5.73 Å². The molecule has 3 nitrogen and oxygen atoms in total. The van der Waals surface area contributed by atoms with E-state index in [1.165, 1.54) is 0 Å². The Morgan fingerprint density at radius 1 is 1.43 bits per heavy atom. The second-order valence-electron chi connectivity index (χ2n) is 3.95. The largest absolute Gasteiger partial charge is 0.384 e. The quantitative estimate of drug-likeness (QED) is 0.836. The number of hydrogen-bond donors (Lipinski definition) is 1. The van der Waals surface area contributed by atoms with Gasteiger partial charge in [-0.3, -0.25) is 0 Å². The monoisotopic (exact) mass is 213 g/mol. The minimum Gasteiger partial charge on any atom is -0.384 e. The van der Waals surface area contributed by atoms with Crippen molar-refractivity contribution < 1.29 is 0 Å². The smallest absolute Gasteiger partial charge is 0.126 e. The van der Waals surface area contributed by atoms with Crippen LogP contribution in [0.1, 0.15) is 39.3 Å². The molecule has 0 spiro atoms. The molecule has 1 aromatic heterocycles. The standard InChI is InChI=1S/C10H19N3S/c1-7(2)13-10(11)9(5-12-13)6-14-8(3)4/h5,7-8H,6,11H2,1-4H3. The first-order valence-corrected chi connectivity index (χ1v) is 6.00. The van der Waals surface area contributed by atoms with E-state index in [1.807, 2.05) is 22.6 Å². The molecule has 0 aromatic carbocycles. The second kappa shape index (κ2) is 4.73. The van der Waals surface area contributed by atoms with Crippen molar-refractivity contribution in [1.82, 2.24) is 9.78 Å². The maximum absolute atomic E-state index is 5.98. The fraction of sp³-hybridized carbons (Fsp3) is 0.700. The van der Waals surface area contributed by atoms with Crippen LogP contribution in [0.15, 0.2) is 6.20 Å². The number of nitrogens with zero attached hydrogens (tertiary/aromatic N) is 2. The third-order valence-electron chi connectivity index (χ3n) is 1.98. The molecule has 14 heavy (non-hydrogen) atoms. The lowest BCUT2D eigenvalue weighted by Crippen LogP contribution is -2.07. The molecule has 0 aliphatic rings. The lowest BCUT2D eigenvalue weighted by atomic mass is 10.3. The summed E-state index contributed by atoms with van der Waals surface area (Å²) in [6.07, 6.45) is 1.88. The third kappa shape index (κ3) is 2.67. The van der Waals surface area contributed by atoms with Gasteiger partial charge in [0.2, 0.25) is 0 Å². The van der Waals surface area contributed by atoms with Crippen molar-refractivity contribution >= 4 is 17.6 Å². The minimum atomic E-state index is 0.341. The van der Waals surface area contributed by atoms with Crippen molar-refractivity contribution in [3.05, 3.63) is 11.8 Å². The maximum atomic E-state index is 5.98. The van der Waals surface area contributed by atoms with Crippen LogP contribution >= 0.6 is 11.8 Å². The van der Waals surface area contributed by atoms with Crippen LogP contribution in [0, 0.1) is 0 Å². The van der Waals surface area contributed by atoms with E-state index < -0.39 is 0 Å². The van der Waals surface area contributed by atoms with Gasteiger partial charge in [0, 0.05) is 17.4 Å². The van der Waals surface area contributed by atoms with E-state index in [0.29, 0.717) is 11.3 Å². The van der Waals surface area contributed by atoms with Crippen molar-refractivity contribution in [3.63, 3.8) is 0 Å². The normalized spacial score (nSPS) is 11.6. The van der Waals surface area contributed by atoms with Gasteiger partial charge in [0.05, 0.1) is 6.20 Å². The highest BCUT2D eigenvalue weighted by molar-refractivity contribution is 7.99. The molecule has 1 rings (SSSR count). The first kappa shape index (κ1) is 11.4. The first-order chi connectivity index (χ1) is 6.52. The molecular formula is C10H19N3S. The number of anilines is 1. The van der Waals surface area contributed by atoms with Gasteiger partial charge in [-0.2, -0.15) is 16.9 Å². The van der Waals surface area contributed by atoms with E-state index in [9.17, 15) is 0 Å². The summed E-state index contributed by atoms with van der Waals surface area (Å²) in [5.41, 5.74) is 7.13. The van der Waals surface area contributed by atoms with E-state index in [2.05, 4.69) is 32.8 Å². The molecular weight excluding hydrogens is 194 g/mol. The Balaban J connectivity index is 2.70. The highest BCUT2D eigenvalue weighted by Gasteiger charge is 2.09. The summed E-state index contributed by atoms with van der Waals surface area (Å²) in [5, 5.41) is 4.91. The molecule has 0 atom stereocenters. The van der Waals surface area contributed by atoms with Crippen LogP contribution < -0.4 is 5.73 Å². The number of thioether (sulfide) groups is 1. The Bertz CT molecular complexity index is 292. The van der Waals surface area contributed by atoms with Gasteiger partial charge in [0.25, 0.3) is 0 Å². The highest BCUT2D eigenvalue weighted by atomic mass is 32.2. The fourth-order valence-electron chi connectivity index (χ4n) is 1.19. The van der Waals surface area contributed by atoms with E-state index in [1.54, 1.807) is 0 Å². The predicted molar refractivity (Wildman–Crippen MR) is 63.5 cm³/mol. The van der Waals surface area contributed by atoms with Crippen LogP contribution in [0.2, 0.25) is 0 Å². The zero-order chi connectivity index (χ0) is 10.7. The van der Waals surface area contributed by atoms with Crippen molar-refractivity contribution in [1.29, 1.82) is 0 Å². The molecule has 0 radical (unpaired) electrons. The average molecular weight is 213 g/mol. The van der Waals surface area contributed by atoms with Gasteiger partial charge in [-0.1, -0.05) is 13.8 Å². The molecule has 0 fully saturated rings. The van der Waals surface area contributed by atoms with Gasteiger partial charge in [-0.05, 0) is 19.1 Å². The predicted octanol–water partition coefficient (Wildman–Crippen LogP) is 2.69. The average Bonchev–Trinajstić information content (AvgIpc) is 2.43. The van der Waals surface area contributed by atoms with Gasteiger partial charge >= 0.3 is 0 Å². The molecule has 0 saturated heterocycles. The Morgan fingerprint density at radius 3 is 2.50 bits per heavy atom. The summed E-state index contributed by atoms with van der Waals surface area (Å²) < 4.78 is 1.87. The van der Waals surface area contributed by atoms with E-state index >= 15 is 0 Å². The molecule has 0 aliphatic heterocycles. The van der Waals surface area contributed by atoms with Gasteiger partial charge in [0.15, 0.2) is 0 Å². The zero-order valence-electron chi connectivity index (χ0n) is 9.32. The Kier molecular flexibility index (Phi) is 3.86. The Morgan fingerprint density at radius 2 is 2.07 bits per heavy atom. The molecule has 0 amide bonds. The number of nitrogens with two attached hydrogens (primary N) is 1. The SMILES string of the molecule is CC(C)SCc1cnn(C(C)C)c1N. The van der Waals surface area contributed by atoms with Gasteiger partial charge in [-0.15, -0.1) is 0 Å². The summed E-state index contributed by atoms with van der Waals surface area (Å²) in [6.45, 7) is 8.55. The molecule has 1 heterocycles. The summed E-state index contributed by atoms with van der Waals surface area (Å²) >= 11 is 1.89. The van der Waals surface area contributed by atoms with Gasteiger partial charge < -0.3 is 5.73 Å². The molecule has 4 heteroatoms. The van der Waals surface area contributed by atoms with Crippen LogP contribution in [0.4, 0.5) is 5.82 Å². The van der Waals surface area contributed by atoms with E-state index in [-0.39, 0.29) is 0 Å². The fourth-order valence-corrected chi connectivity index (χ4v) is 1.92. The summed E-state index contributed by atoms with van der Waals surface area (Å²) in [5.74, 6) is 1.77. The molecule has 0 saturated carbocycles. The van der Waals surface area contributed by atoms with Crippen LogP contribution in [0.25, 0.3) is 0 Å². The topological polar surface area (TPSA) is 43.8 Å². The molecule has 0 unspecified atom stereocenters. The van der Waals surface area contributed by atoms with Crippen LogP contribution in [0.3, 0.4) is 0 Å². The van der Waals surface area contributed by atoms with Gasteiger partial charge in [0.1, 0.15) is 5.82 Å². The molecule has 1 aromatic rings. The molecule has 0 bridgehead atoms. The Labute approximate surface area is 90.1 Å². The van der Waals surface area contributed by atoms with Crippen LogP contribution in [0.5, 0.6) is 0 Å². The first-order valence-electron chi connectivity index (χ1n) is 4.95. The number of aromatic nitrogens is 2. The second-order valence-corrected chi connectivity index (χ2v) is 5.52. The lowest BCUT2D eigenvalue weighted by molar-refractivity contribution is 0.540. The summed E-state index contributed by atoms with van der Waals surface area (Å²) in [4.78, 5) is 0. The van der Waals surface area contributed by atoms with Crippen molar-refractivity contribution in [2.45, 2.75) is 44.7 Å². The summed E-state index contributed by atoms with van der Waals surface area (Å²) in [7, 11) is 0. The summed E-state index contributed by atoms with van der Waals surface area (Å²) in [6, 6.07) is 0.341. The van der Waals surface area contributed by atoms with E-state index in [0.717, 1.165) is 17.1 Å². The molecule has 80 valence electrons. The number of rotatable bonds is 4. The zero-order valence-corrected chi connectivity index (χ0v) is 10.1. The van der Waals surface area contributed by atoms with Crippen molar-refractivity contribution in [2.24, 2.45) is 0 Å². The van der Waals surface area contributed by atoms with Crippen LogP contribution in [-0.4, -0.2) is 15.0 Å². The molecule has 2 N–H and O–H groups in total. The minimum absolute atomic E-state index is 0.341. The third-order valence-corrected chi connectivity index (χ3v) is 3.12.